The molecule has 20 heavy (non-hydrogen) atoms. The lowest BCUT2D eigenvalue weighted by Gasteiger charge is -2.41. The molecule has 1 aliphatic heterocycles. The van der Waals surface area contributed by atoms with Crippen molar-refractivity contribution in [3.63, 3.8) is 0 Å². The van der Waals surface area contributed by atoms with Crippen molar-refractivity contribution >= 4 is 0 Å². The molecule has 0 aromatic carbocycles. The third-order valence-electron chi connectivity index (χ3n) is 3.79. The third-order valence-corrected chi connectivity index (χ3v) is 3.79. The molecule has 0 amide bonds. The molecule has 0 spiro atoms. The van der Waals surface area contributed by atoms with Gasteiger partial charge in [0.1, 0.15) is 0 Å². The average Bonchev–Trinajstić information content (AvgIpc) is 2.40. The molecule has 0 aromatic heterocycles. The van der Waals surface area contributed by atoms with Gasteiger partial charge in [-0.2, -0.15) is 0 Å². The van der Waals surface area contributed by atoms with Crippen LogP contribution in [-0.2, 0) is 4.74 Å². The van der Waals surface area contributed by atoms with Crippen LogP contribution in [0.15, 0.2) is 25.3 Å². The second-order valence-corrected chi connectivity index (χ2v) is 6.45. The fourth-order valence-corrected chi connectivity index (χ4v) is 2.90. The summed E-state index contributed by atoms with van der Waals surface area (Å²) in [5.74, 6) is 0.689. The highest BCUT2D eigenvalue weighted by atomic mass is 16.5. The summed E-state index contributed by atoms with van der Waals surface area (Å²) in [7, 11) is 0. The van der Waals surface area contributed by atoms with Crippen molar-refractivity contribution in [1.29, 1.82) is 0 Å². The smallest absolute Gasteiger partial charge is 0.0546 e. The lowest BCUT2D eigenvalue weighted by molar-refractivity contribution is -0.0234. The van der Waals surface area contributed by atoms with Crippen LogP contribution in [0.2, 0.25) is 0 Å². The van der Waals surface area contributed by atoms with Crippen molar-refractivity contribution in [2.45, 2.75) is 26.7 Å². The number of ether oxygens (including phenoxy) is 1. The molecule has 1 N–H and O–H groups in total. The number of hydrogen-bond donors (Lipinski definition) is 1. The summed E-state index contributed by atoms with van der Waals surface area (Å²) >= 11 is 0. The molecule has 1 unspecified atom stereocenters. The summed E-state index contributed by atoms with van der Waals surface area (Å²) in [5, 5.41) is 3.63. The molecule has 0 saturated carbocycles. The minimum Gasteiger partial charge on any atom is -0.381 e. The molecule has 0 radical (unpaired) electrons. The van der Waals surface area contributed by atoms with E-state index in [4.69, 9.17) is 4.74 Å². The predicted molar refractivity (Wildman–Crippen MR) is 87.0 cm³/mol. The van der Waals surface area contributed by atoms with Gasteiger partial charge in [-0.1, -0.05) is 26.0 Å². The van der Waals surface area contributed by atoms with Crippen LogP contribution in [0.25, 0.3) is 0 Å². The van der Waals surface area contributed by atoms with Crippen LogP contribution < -0.4 is 5.32 Å². The zero-order chi connectivity index (χ0) is 14.8. The summed E-state index contributed by atoms with van der Waals surface area (Å²) in [5.41, 5.74) is 0.235. The van der Waals surface area contributed by atoms with Crippen LogP contribution in [0.5, 0.6) is 0 Å². The Morgan fingerprint density at radius 3 is 2.50 bits per heavy atom. The third kappa shape index (κ3) is 6.21. The largest absolute Gasteiger partial charge is 0.381 e. The SMILES string of the molecule is C=CCN(CC=C)CC1(CNCC(C)C)CCCOC1. The average molecular weight is 280 g/mol. The molecule has 1 aliphatic rings. The molecule has 1 rings (SSSR count). The Labute approximate surface area is 125 Å². The second kappa shape index (κ2) is 9.32. The predicted octanol–water partition coefficient (Wildman–Crippen LogP) is 2.70. The van der Waals surface area contributed by atoms with E-state index in [9.17, 15) is 0 Å². The van der Waals surface area contributed by atoms with Gasteiger partial charge in [-0.25, -0.2) is 0 Å². The van der Waals surface area contributed by atoms with Crippen molar-refractivity contribution in [1.82, 2.24) is 10.2 Å². The van der Waals surface area contributed by atoms with Gasteiger partial charge in [-0.3, -0.25) is 4.90 Å². The number of hydrogen-bond acceptors (Lipinski definition) is 3. The molecular formula is C17H32N2O. The van der Waals surface area contributed by atoms with E-state index in [1.165, 1.54) is 12.8 Å². The Morgan fingerprint density at radius 2 is 2.00 bits per heavy atom. The lowest BCUT2D eigenvalue weighted by Crippen LogP contribution is -2.49. The first-order valence-electron chi connectivity index (χ1n) is 7.84. The van der Waals surface area contributed by atoms with Gasteiger partial charge in [0.05, 0.1) is 6.61 Å². The Bertz CT molecular complexity index is 273. The van der Waals surface area contributed by atoms with Gasteiger partial charge in [0.15, 0.2) is 0 Å². The molecule has 3 heteroatoms. The maximum Gasteiger partial charge on any atom is 0.0546 e. The van der Waals surface area contributed by atoms with E-state index >= 15 is 0 Å². The molecule has 116 valence electrons. The topological polar surface area (TPSA) is 24.5 Å². The number of nitrogens with zero attached hydrogens (tertiary/aromatic N) is 1. The maximum absolute atomic E-state index is 5.78. The monoisotopic (exact) mass is 280 g/mol. The minimum atomic E-state index is 0.235. The molecule has 1 fully saturated rings. The van der Waals surface area contributed by atoms with Gasteiger partial charge >= 0.3 is 0 Å². The molecule has 0 aliphatic carbocycles. The quantitative estimate of drug-likeness (QED) is 0.623. The summed E-state index contributed by atoms with van der Waals surface area (Å²) in [6, 6.07) is 0. The van der Waals surface area contributed by atoms with Gasteiger partial charge in [0, 0.05) is 38.2 Å². The van der Waals surface area contributed by atoms with Gasteiger partial charge in [-0.15, -0.1) is 13.2 Å². The van der Waals surface area contributed by atoms with E-state index in [0.717, 1.165) is 45.9 Å². The van der Waals surface area contributed by atoms with Gasteiger partial charge in [-0.05, 0) is 25.3 Å². The molecule has 0 bridgehead atoms. The fraction of sp³-hybridized carbons (Fsp3) is 0.765. The second-order valence-electron chi connectivity index (χ2n) is 6.45. The van der Waals surface area contributed by atoms with Gasteiger partial charge in [0.25, 0.3) is 0 Å². The number of rotatable bonds is 10. The van der Waals surface area contributed by atoms with Crippen molar-refractivity contribution < 1.29 is 4.74 Å². The summed E-state index contributed by atoms with van der Waals surface area (Å²) in [6.45, 7) is 19.0. The Balaban J connectivity index is 2.60. The minimum absolute atomic E-state index is 0.235. The molecule has 3 nitrogen and oxygen atoms in total. The standard InChI is InChI=1S/C17H32N2O/c1-5-9-19(10-6-2)14-17(8-7-11-20-15-17)13-18-12-16(3)4/h5-6,16,18H,1-2,7-15H2,3-4H3. The first kappa shape index (κ1) is 17.4. The molecule has 0 aromatic rings. The van der Waals surface area contributed by atoms with Crippen molar-refractivity contribution in [3.05, 3.63) is 25.3 Å². The van der Waals surface area contributed by atoms with Crippen LogP contribution in [0.1, 0.15) is 26.7 Å². The van der Waals surface area contributed by atoms with Crippen LogP contribution in [0, 0.1) is 11.3 Å². The van der Waals surface area contributed by atoms with E-state index in [1.54, 1.807) is 0 Å². The zero-order valence-electron chi connectivity index (χ0n) is 13.4. The molecule has 1 heterocycles. The summed E-state index contributed by atoms with van der Waals surface area (Å²) in [6.07, 6.45) is 6.35. The lowest BCUT2D eigenvalue weighted by atomic mass is 9.81. The Hall–Kier alpha value is -0.640. The van der Waals surface area contributed by atoms with E-state index in [2.05, 4.69) is 37.2 Å². The normalized spacial score (nSPS) is 23.2. The first-order valence-corrected chi connectivity index (χ1v) is 7.84. The van der Waals surface area contributed by atoms with E-state index < -0.39 is 0 Å². The van der Waals surface area contributed by atoms with Crippen molar-refractivity contribution in [2.24, 2.45) is 11.3 Å². The highest BCUT2D eigenvalue weighted by Gasteiger charge is 2.34. The van der Waals surface area contributed by atoms with E-state index in [-0.39, 0.29) is 5.41 Å². The summed E-state index contributed by atoms with van der Waals surface area (Å²) in [4.78, 5) is 2.41. The summed E-state index contributed by atoms with van der Waals surface area (Å²) < 4.78 is 5.78. The van der Waals surface area contributed by atoms with Gasteiger partial charge in [0.2, 0.25) is 0 Å². The van der Waals surface area contributed by atoms with E-state index in [0.29, 0.717) is 5.92 Å². The fourth-order valence-electron chi connectivity index (χ4n) is 2.90. The van der Waals surface area contributed by atoms with Crippen LogP contribution in [-0.4, -0.2) is 50.8 Å². The molecule has 1 saturated heterocycles. The van der Waals surface area contributed by atoms with Gasteiger partial charge < -0.3 is 10.1 Å². The molecule has 1 atom stereocenters. The van der Waals surface area contributed by atoms with Crippen LogP contribution in [0.4, 0.5) is 0 Å². The Kier molecular flexibility index (Phi) is 8.12. The maximum atomic E-state index is 5.78. The Morgan fingerprint density at radius 1 is 1.30 bits per heavy atom. The van der Waals surface area contributed by atoms with E-state index in [1.807, 2.05) is 12.2 Å². The van der Waals surface area contributed by atoms with Crippen LogP contribution >= 0.6 is 0 Å². The van der Waals surface area contributed by atoms with Crippen LogP contribution in [0.3, 0.4) is 0 Å². The van der Waals surface area contributed by atoms with Crippen molar-refractivity contribution in [2.75, 3.05) is 45.9 Å². The molecular weight excluding hydrogens is 248 g/mol. The van der Waals surface area contributed by atoms with Crippen molar-refractivity contribution in [3.8, 4) is 0 Å². The highest BCUT2D eigenvalue weighted by Crippen LogP contribution is 2.29. The highest BCUT2D eigenvalue weighted by molar-refractivity contribution is 4.90. The first-order chi connectivity index (χ1) is 9.62. The number of nitrogens with one attached hydrogen (secondary N) is 1. The zero-order valence-corrected chi connectivity index (χ0v) is 13.4.